The quantitative estimate of drug-likeness (QED) is 0.460. The molecule has 0 aliphatic heterocycles. The number of ether oxygens (including phenoxy) is 2. The SMILES string of the molecule is CCC(=O)N(CC[C@H](c1ccco1)c1ccccc1OC)Cc1ccc(OC)cc1. The monoisotopic (exact) mass is 407 g/mol. The van der Waals surface area contributed by atoms with Gasteiger partial charge in [-0.15, -0.1) is 0 Å². The van der Waals surface area contributed by atoms with Crippen LogP contribution in [0.1, 0.15) is 42.6 Å². The van der Waals surface area contributed by atoms with E-state index in [-0.39, 0.29) is 11.8 Å². The zero-order valence-corrected chi connectivity index (χ0v) is 17.8. The van der Waals surface area contributed by atoms with E-state index in [9.17, 15) is 4.79 Å². The fourth-order valence-electron chi connectivity index (χ4n) is 3.65. The molecule has 3 aromatic rings. The number of rotatable bonds is 10. The third kappa shape index (κ3) is 5.23. The van der Waals surface area contributed by atoms with Crippen molar-refractivity contribution < 1.29 is 18.7 Å². The van der Waals surface area contributed by atoms with Gasteiger partial charge >= 0.3 is 0 Å². The van der Waals surface area contributed by atoms with Gasteiger partial charge in [0, 0.05) is 31.0 Å². The molecule has 0 aliphatic rings. The van der Waals surface area contributed by atoms with E-state index in [1.165, 1.54) is 0 Å². The van der Waals surface area contributed by atoms with Crippen molar-refractivity contribution in [2.45, 2.75) is 32.2 Å². The van der Waals surface area contributed by atoms with E-state index in [4.69, 9.17) is 13.9 Å². The highest BCUT2D eigenvalue weighted by Gasteiger charge is 2.23. The molecule has 3 rings (SSSR count). The van der Waals surface area contributed by atoms with E-state index in [1.54, 1.807) is 20.5 Å². The molecule has 30 heavy (non-hydrogen) atoms. The number of nitrogens with zero attached hydrogens (tertiary/aromatic N) is 1. The Labute approximate surface area is 178 Å². The predicted molar refractivity (Wildman–Crippen MR) is 117 cm³/mol. The van der Waals surface area contributed by atoms with E-state index in [2.05, 4.69) is 6.07 Å². The minimum atomic E-state index is -0.000765. The lowest BCUT2D eigenvalue weighted by Crippen LogP contribution is -2.31. The molecule has 0 fully saturated rings. The summed E-state index contributed by atoms with van der Waals surface area (Å²) < 4.78 is 16.6. The molecule has 2 aromatic carbocycles. The van der Waals surface area contributed by atoms with Crippen molar-refractivity contribution in [2.24, 2.45) is 0 Å². The third-order valence-corrected chi connectivity index (χ3v) is 5.28. The molecule has 0 spiro atoms. The van der Waals surface area contributed by atoms with Gasteiger partial charge in [-0.2, -0.15) is 0 Å². The fourth-order valence-corrected chi connectivity index (χ4v) is 3.65. The van der Waals surface area contributed by atoms with E-state index in [1.807, 2.05) is 66.4 Å². The largest absolute Gasteiger partial charge is 0.497 e. The van der Waals surface area contributed by atoms with Crippen molar-refractivity contribution in [1.29, 1.82) is 0 Å². The van der Waals surface area contributed by atoms with E-state index < -0.39 is 0 Å². The lowest BCUT2D eigenvalue weighted by atomic mass is 9.92. The van der Waals surface area contributed by atoms with Gasteiger partial charge in [-0.1, -0.05) is 37.3 Å². The summed E-state index contributed by atoms with van der Waals surface area (Å²) in [6.45, 7) is 3.07. The van der Waals surface area contributed by atoms with Crippen LogP contribution < -0.4 is 9.47 Å². The first-order valence-electron chi connectivity index (χ1n) is 10.2. The van der Waals surface area contributed by atoms with Crippen LogP contribution in [0.2, 0.25) is 0 Å². The van der Waals surface area contributed by atoms with Crippen LogP contribution in [-0.2, 0) is 11.3 Å². The molecule has 0 aliphatic carbocycles. The van der Waals surface area contributed by atoms with Crippen LogP contribution >= 0.6 is 0 Å². The molecule has 0 unspecified atom stereocenters. The summed E-state index contributed by atoms with van der Waals surface area (Å²) in [6, 6.07) is 19.7. The second-order valence-electron chi connectivity index (χ2n) is 7.12. The van der Waals surface area contributed by atoms with Crippen LogP contribution in [0.4, 0.5) is 0 Å². The predicted octanol–water partition coefficient (Wildman–Crippen LogP) is 5.26. The van der Waals surface area contributed by atoms with Gasteiger partial charge in [0.2, 0.25) is 5.91 Å². The van der Waals surface area contributed by atoms with Gasteiger partial charge in [0.15, 0.2) is 0 Å². The van der Waals surface area contributed by atoms with Gasteiger partial charge in [0.05, 0.1) is 20.5 Å². The van der Waals surface area contributed by atoms with Gasteiger partial charge in [0.1, 0.15) is 17.3 Å². The van der Waals surface area contributed by atoms with Crippen molar-refractivity contribution in [3.05, 3.63) is 83.8 Å². The molecule has 5 heteroatoms. The average molecular weight is 408 g/mol. The lowest BCUT2D eigenvalue weighted by Gasteiger charge is -2.25. The van der Waals surface area contributed by atoms with Crippen molar-refractivity contribution in [1.82, 2.24) is 4.90 Å². The van der Waals surface area contributed by atoms with Crippen LogP contribution in [-0.4, -0.2) is 31.6 Å². The van der Waals surface area contributed by atoms with Gasteiger partial charge in [0.25, 0.3) is 0 Å². The molecule has 0 N–H and O–H groups in total. The first kappa shape index (κ1) is 21.5. The summed E-state index contributed by atoms with van der Waals surface area (Å²) >= 11 is 0. The molecule has 1 amide bonds. The Morgan fingerprint density at radius 2 is 1.77 bits per heavy atom. The van der Waals surface area contributed by atoms with Crippen LogP contribution in [0, 0.1) is 0 Å². The van der Waals surface area contributed by atoms with Crippen LogP contribution in [0.25, 0.3) is 0 Å². The fraction of sp³-hybridized carbons (Fsp3) is 0.320. The maximum absolute atomic E-state index is 12.7. The van der Waals surface area contributed by atoms with Gasteiger partial charge in [-0.25, -0.2) is 0 Å². The minimum absolute atomic E-state index is 0.000765. The number of hydrogen-bond donors (Lipinski definition) is 0. The molecule has 5 nitrogen and oxygen atoms in total. The van der Waals surface area contributed by atoms with E-state index in [0.29, 0.717) is 19.5 Å². The maximum atomic E-state index is 12.7. The topological polar surface area (TPSA) is 51.9 Å². The Morgan fingerprint density at radius 1 is 1.00 bits per heavy atom. The third-order valence-electron chi connectivity index (χ3n) is 5.28. The molecule has 1 aromatic heterocycles. The average Bonchev–Trinajstić information content (AvgIpc) is 3.33. The number of furan rings is 1. The summed E-state index contributed by atoms with van der Waals surface area (Å²) in [7, 11) is 3.32. The number of benzene rings is 2. The smallest absolute Gasteiger partial charge is 0.222 e. The number of carbonyl (C=O) groups excluding carboxylic acids is 1. The molecular formula is C25H29NO4. The second-order valence-corrected chi connectivity index (χ2v) is 7.12. The van der Waals surface area contributed by atoms with Gasteiger partial charge in [-0.3, -0.25) is 4.79 Å². The zero-order valence-electron chi connectivity index (χ0n) is 17.8. The highest BCUT2D eigenvalue weighted by molar-refractivity contribution is 5.75. The summed E-state index contributed by atoms with van der Waals surface area (Å²) in [5, 5.41) is 0. The number of para-hydroxylation sites is 1. The van der Waals surface area contributed by atoms with Crippen LogP contribution in [0.5, 0.6) is 11.5 Å². The maximum Gasteiger partial charge on any atom is 0.222 e. The molecular weight excluding hydrogens is 378 g/mol. The Balaban J connectivity index is 1.80. The minimum Gasteiger partial charge on any atom is -0.497 e. The van der Waals surface area contributed by atoms with E-state index in [0.717, 1.165) is 34.8 Å². The van der Waals surface area contributed by atoms with Crippen molar-refractivity contribution in [2.75, 3.05) is 20.8 Å². The number of methoxy groups -OCH3 is 2. The van der Waals surface area contributed by atoms with Crippen LogP contribution in [0.15, 0.2) is 71.3 Å². The second kappa shape index (κ2) is 10.5. The highest BCUT2D eigenvalue weighted by atomic mass is 16.5. The van der Waals surface area contributed by atoms with Crippen molar-refractivity contribution in [3.63, 3.8) is 0 Å². The molecule has 0 saturated carbocycles. The summed E-state index contributed by atoms with van der Waals surface area (Å²) in [5.74, 6) is 2.62. The zero-order chi connectivity index (χ0) is 21.3. The molecule has 0 radical (unpaired) electrons. The summed E-state index contributed by atoms with van der Waals surface area (Å²) in [6.07, 6.45) is 2.89. The summed E-state index contributed by atoms with van der Waals surface area (Å²) in [4.78, 5) is 14.6. The molecule has 1 heterocycles. The molecule has 1 atom stereocenters. The van der Waals surface area contributed by atoms with Gasteiger partial charge in [-0.05, 0) is 42.3 Å². The number of carbonyl (C=O) groups is 1. The Morgan fingerprint density at radius 3 is 2.40 bits per heavy atom. The number of hydrogen-bond acceptors (Lipinski definition) is 4. The Hall–Kier alpha value is -3.21. The molecule has 158 valence electrons. The first-order valence-corrected chi connectivity index (χ1v) is 10.2. The highest BCUT2D eigenvalue weighted by Crippen LogP contribution is 2.35. The summed E-state index contributed by atoms with van der Waals surface area (Å²) in [5.41, 5.74) is 2.13. The Bertz CT molecular complexity index is 919. The first-order chi connectivity index (χ1) is 14.7. The number of amides is 1. The molecule has 0 saturated heterocycles. The lowest BCUT2D eigenvalue weighted by molar-refractivity contribution is -0.131. The normalized spacial score (nSPS) is 11.7. The van der Waals surface area contributed by atoms with Crippen LogP contribution in [0.3, 0.4) is 0 Å². The molecule has 0 bridgehead atoms. The van der Waals surface area contributed by atoms with Crippen molar-refractivity contribution >= 4 is 5.91 Å². The van der Waals surface area contributed by atoms with E-state index >= 15 is 0 Å². The van der Waals surface area contributed by atoms with Crippen molar-refractivity contribution in [3.8, 4) is 11.5 Å². The Kier molecular flexibility index (Phi) is 7.55. The standard InChI is InChI=1S/C25H29NO4/c1-4-25(27)26(18-19-11-13-20(28-2)14-12-19)16-15-22(24-10-7-17-30-24)21-8-5-6-9-23(21)29-3/h5-14,17,22H,4,15-16,18H2,1-3H3/t22-/m0/s1. The van der Waals surface area contributed by atoms with Gasteiger partial charge < -0.3 is 18.8 Å².